The van der Waals surface area contributed by atoms with E-state index in [-0.39, 0.29) is 30.2 Å². The van der Waals surface area contributed by atoms with Crippen molar-refractivity contribution in [1.82, 2.24) is 14.9 Å². The maximum atomic E-state index is 14.6. The molecule has 1 aromatic carbocycles. The lowest BCUT2D eigenvalue weighted by Gasteiger charge is -2.40. The number of alkyl halides is 2. The number of likely N-dealkylation sites (tertiary alicyclic amines) is 1. The minimum atomic E-state index is -2.96. The molecule has 0 spiro atoms. The number of ether oxygens (including phenoxy) is 2. The van der Waals surface area contributed by atoms with Crippen molar-refractivity contribution in [2.75, 3.05) is 25.5 Å². The van der Waals surface area contributed by atoms with Crippen LogP contribution in [0.2, 0.25) is 0 Å². The summed E-state index contributed by atoms with van der Waals surface area (Å²) >= 11 is 0. The molecule has 2 atom stereocenters. The summed E-state index contributed by atoms with van der Waals surface area (Å²) in [5.41, 5.74) is -0.0600. The lowest BCUT2D eigenvalue weighted by molar-refractivity contribution is -0.125. The van der Waals surface area contributed by atoms with E-state index in [1.807, 2.05) is 0 Å². The van der Waals surface area contributed by atoms with E-state index in [9.17, 15) is 22.8 Å². The number of nitrogens with one attached hydrogen (secondary N) is 2. The number of halogens is 3. The molecule has 4 rings (SSSR count). The van der Waals surface area contributed by atoms with Crippen LogP contribution >= 0.6 is 0 Å². The van der Waals surface area contributed by atoms with Crippen LogP contribution in [0, 0.1) is 5.82 Å². The Morgan fingerprint density at radius 3 is 2.69 bits per heavy atom. The molecule has 3 heterocycles. The molecule has 2 unspecified atom stereocenters. The Labute approximate surface area is 205 Å². The van der Waals surface area contributed by atoms with Crippen molar-refractivity contribution < 1.29 is 27.4 Å². The van der Waals surface area contributed by atoms with Crippen LogP contribution in [-0.4, -0.2) is 52.9 Å². The largest absolute Gasteiger partial charge is 0.493 e. The van der Waals surface area contributed by atoms with Crippen molar-refractivity contribution in [3.05, 3.63) is 76.6 Å². The molecule has 1 fully saturated rings. The molecule has 1 amide bonds. The Morgan fingerprint density at radius 2 is 2.03 bits per heavy atom. The van der Waals surface area contributed by atoms with E-state index in [0.717, 1.165) is 0 Å². The predicted octanol–water partition coefficient (Wildman–Crippen LogP) is 4.16. The lowest BCUT2D eigenvalue weighted by atomic mass is 9.87. The topological polar surface area (TPSA) is 96.5 Å². The zero-order valence-electron chi connectivity index (χ0n) is 19.6. The van der Waals surface area contributed by atoms with Gasteiger partial charge in [-0.2, -0.15) is 0 Å². The first kappa shape index (κ1) is 25.2. The maximum Gasteiger partial charge on any atom is 0.257 e. The van der Waals surface area contributed by atoms with Crippen LogP contribution in [0.5, 0.6) is 17.2 Å². The smallest absolute Gasteiger partial charge is 0.257 e. The van der Waals surface area contributed by atoms with Crippen molar-refractivity contribution in [1.29, 1.82) is 0 Å². The van der Waals surface area contributed by atoms with Crippen molar-refractivity contribution in [3.63, 3.8) is 0 Å². The van der Waals surface area contributed by atoms with Gasteiger partial charge < -0.3 is 19.8 Å². The normalized spacial score (nSPS) is 18.3. The molecular weight excluding hydrogens is 477 g/mol. The molecule has 2 aromatic heterocycles. The molecule has 36 heavy (non-hydrogen) atoms. The molecule has 0 bridgehead atoms. The zero-order valence-corrected chi connectivity index (χ0v) is 19.6. The molecule has 1 saturated heterocycles. The molecule has 0 radical (unpaired) electrons. The Hall–Kier alpha value is -3.86. The van der Waals surface area contributed by atoms with Gasteiger partial charge in [-0.3, -0.25) is 14.5 Å². The van der Waals surface area contributed by atoms with Gasteiger partial charge in [0.25, 0.3) is 5.92 Å². The fraction of sp³-hybridized carbons (Fsp3) is 0.320. The summed E-state index contributed by atoms with van der Waals surface area (Å²) in [5, 5.41) is 2.69. The van der Waals surface area contributed by atoms with Crippen molar-refractivity contribution in [2.45, 2.75) is 31.2 Å². The minimum absolute atomic E-state index is 0.0428. The lowest BCUT2D eigenvalue weighted by Crippen LogP contribution is -2.52. The van der Waals surface area contributed by atoms with Crippen LogP contribution in [0.25, 0.3) is 0 Å². The number of piperidine rings is 1. The monoisotopic (exact) mass is 502 g/mol. The highest BCUT2D eigenvalue weighted by atomic mass is 19.3. The van der Waals surface area contributed by atoms with Gasteiger partial charge in [0.2, 0.25) is 11.5 Å². The van der Waals surface area contributed by atoms with Gasteiger partial charge in [0, 0.05) is 37.8 Å². The number of methoxy groups -OCH3 is 1. The summed E-state index contributed by atoms with van der Waals surface area (Å²) in [5.74, 6) is -3.88. The second-order valence-electron chi connectivity index (χ2n) is 8.49. The predicted molar refractivity (Wildman–Crippen MR) is 126 cm³/mol. The molecular formula is C25H25F3N4O4. The highest BCUT2D eigenvalue weighted by Crippen LogP contribution is 2.40. The molecule has 1 aliphatic rings. The zero-order chi connectivity index (χ0) is 25.9. The quantitative estimate of drug-likeness (QED) is 0.504. The van der Waals surface area contributed by atoms with Gasteiger partial charge in [0.15, 0.2) is 11.5 Å². The van der Waals surface area contributed by atoms with E-state index >= 15 is 0 Å². The number of rotatable bonds is 7. The van der Waals surface area contributed by atoms with E-state index in [4.69, 9.17) is 9.47 Å². The van der Waals surface area contributed by atoms with Crippen LogP contribution in [0.4, 0.5) is 19.0 Å². The maximum absolute atomic E-state index is 14.6. The first-order valence-corrected chi connectivity index (χ1v) is 11.2. The van der Waals surface area contributed by atoms with Crippen molar-refractivity contribution in [3.8, 4) is 17.2 Å². The number of aromatic amines is 1. The molecule has 190 valence electrons. The van der Waals surface area contributed by atoms with Crippen molar-refractivity contribution in [2.24, 2.45) is 0 Å². The molecule has 11 heteroatoms. The van der Waals surface area contributed by atoms with Gasteiger partial charge in [-0.05, 0) is 36.8 Å². The molecule has 3 aromatic rings. The van der Waals surface area contributed by atoms with Crippen LogP contribution in [0.1, 0.15) is 24.8 Å². The molecule has 8 nitrogen and oxygen atoms in total. The highest BCUT2D eigenvalue weighted by Gasteiger charge is 2.46. The number of hydrogen-bond donors (Lipinski definition) is 2. The van der Waals surface area contributed by atoms with Gasteiger partial charge in [0.1, 0.15) is 17.4 Å². The molecule has 1 aliphatic heterocycles. The Balaban J connectivity index is 1.39. The minimum Gasteiger partial charge on any atom is -0.493 e. The molecule has 0 saturated carbocycles. The number of benzene rings is 1. The number of H-pyrrole nitrogens is 1. The number of carbonyl (C=O) groups excluding carboxylic acids is 1. The number of aromatic nitrogens is 2. The van der Waals surface area contributed by atoms with Crippen LogP contribution < -0.4 is 20.3 Å². The van der Waals surface area contributed by atoms with Crippen molar-refractivity contribution >= 4 is 11.7 Å². The summed E-state index contributed by atoms with van der Waals surface area (Å²) in [4.78, 5) is 32.4. The number of nitrogens with zero attached hydrogens (tertiary/aromatic N) is 2. The van der Waals surface area contributed by atoms with E-state index < -0.39 is 36.0 Å². The molecule has 0 aliphatic carbocycles. The first-order valence-electron chi connectivity index (χ1n) is 11.2. The van der Waals surface area contributed by atoms with Crippen LogP contribution in [0.15, 0.2) is 59.7 Å². The second kappa shape index (κ2) is 10.4. The Kier molecular flexibility index (Phi) is 7.30. The third-order valence-electron chi connectivity index (χ3n) is 6.14. The highest BCUT2D eigenvalue weighted by molar-refractivity contribution is 5.93. The summed E-state index contributed by atoms with van der Waals surface area (Å²) in [6.45, 7) is 1.63. The summed E-state index contributed by atoms with van der Waals surface area (Å²) in [6, 6.07) is 8.86. The van der Waals surface area contributed by atoms with Crippen LogP contribution in [-0.2, 0) is 4.79 Å². The van der Waals surface area contributed by atoms with Gasteiger partial charge in [-0.15, -0.1) is 0 Å². The number of pyridine rings is 2. The number of anilines is 1. The Bertz CT molecular complexity index is 1260. The van der Waals surface area contributed by atoms with E-state index in [2.05, 4.69) is 15.3 Å². The van der Waals surface area contributed by atoms with Gasteiger partial charge in [-0.1, -0.05) is 6.07 Å². The molecule has 2 N–H and O–H groups in total. The van der Waals surface area contributed by atoms with Gasteiger partial charge >= 0.3 is 0 Å². The third kappa shape index (κ3) is 5.68. The summed E-state index contributed by atoms with van der Waals surface area (Å²) < 4.78 is 53.4. The number of hydrogen-bond acceptors (Lipinski definition) is 6. The average Bonchev–Trinajstić information content (AvgIpc) is 2.86. The van der Waals surface area contributed by atoms with E-state index in [1.54, 1.807) is 17.9 Å². The third-order valence-corrected chi connectivity index (χ3v) is 6.14. The van der Waals surface area contributed by atoms with E-state index in [0.29, 0.717) is 17.1 Å². The number of carbonyl (C=O) groups is 1. The SMILES string of the molecule is COc1cc(F)ccc1Oc1ccc(NC(=O)C(C)N2CCC(F)(F)C(c3ccc(=O)[nH]c3)C2)nc1. The number of amides is 1. The summed E-state index contributed by atoms with van der Waals surface area (Å²) in [6.07, 6.45) is 2.27. The first-order chi connectivity index (χ1) is 17.2. The van der Waals surface area contributed by atoms with E-state index in [1.165, 1.54) is 55.9 Å². The van der Waals surface area contributed by atoms with Gasteiger partial charge in [0.05, 0.1) is 25.3 Å². The average molecular weight is 502 g/mol. The fourth-order valence-electron chi connectivity index (χ4n) is 4.03. The second-order valence-corrected chi connectivity index (χ2v) is 8.49. The van der Waals surface area contributed by atoms with Gasteiger partial charge in [-0.25, -0.2) is 18.2 Å². The fourth-order valence-corrected chi connectivity index (χ4v) is 4.03. The van der Waals surface area contributed by atoms with Crippen LogP contribution in [0.3, 0.4) is 0 Å². The Morgan fingerprint density at radius 1 is 1.22 bits per heavy atom. The standard InChI is InChI=1S/C25H25F3N4O4/c1-15(32-10-9-25(27,28)19(14-32)16-3-8-23(33)30-12-16)24(34)31-22-7-5-18(13-29-22)36-20-6-4-17(26)11-21(20)35-2/h3-8,11-13,15,19H,9-10,14H2,1-2H3,(H,30,33)(H,29,31,34). The summed E-state index contributed by atoms with van der Waals surface area (Å²) in [7, 11) is 1.39.